The maximum atomic E-state index is 12.9. The normalized spacial score (nSPS) is 11.2. The highest BCUT2D eigenvalue weighted by molar-refractivity contribution is 5.94. The Morgan fingerprint density at radius 3 is 2.31 bits per heavy atom. The molecular formula is C20H25FN4O. The van der Waals surface area contributed by atoms with Crippen molar-refractivity contribution in [1.29, 1.82) is 0 Å². The van der Waals surface area contributed by atoms with Gasteiger partial charge in [0.2, 0.25) is 5.91 Å². The molecule has 2 aromatic rings. The summed E-state index contributed by atoms with van der Waals surface area (Å²) in [6.07, 6.45) is 0.866. The Hall–Kier alpha value is -2.89. The monoisotopic (exact) mass is 356 g/mol. The second-order valence-corrected chi connectivity index (χ2v) is 6.15. The van der Waals surface area contributed by atoms with E-state index in [9.17, 15) is 9.18 Å². The van der Waals surface area contributed by atoms with Gasteiger partial charge in [0, 0.05) is 19.3 Å². The number of aryl methyl sites for hydroxylation is 2. The fourth-order valence-corrected chi connectivity index (χ4v) is 2.66. The van der Waals surface area contributed by atoms with Crippen LogP contribution in [0.4, 0.5) is 10.1 Å². The van der Waals surface area contributed by atoms with Crippen molar-refractivity contribution in [2.45, 2.75) is 20.3 Å². The van der Waals surface area contributed by atoms with Gasteiger partial charge in [-0.05, 0) is 50.1 Å². The number of carbonyl (C=O) groups excluding carboxylic acids is 1. The number of amides is 1. The van der Waals surface area contributed by atoms with Gasteiger partial charge in [0.05, 0.1) is 6.54 Å². The van der Waals surface area contributed by atoms with Gasteiger partial charge in [0.25, 0.3) is 0 Å². The summed E-state index contributed by atoms with van der Waals surface area (Å²) in [6.45, 7) is 4.96. The highest BCUT2D eigenvalue weighted by Gasteiger charge is 2.05. The van der Waals surface area contributed by atoms with E-state index in [2.05, 4.69) is 53.0 Å². The van der Waals surface area contributed by atoms with Crippen molar-refractivity contribution in [3.63, 3.8) is 0 Å². The molecule has 0 aliphatic rings. The van der Waals surface area contributed by atoms with Crippen LogP contribution >= 0.6 is 0 Å². The molecule has 0 atom stereocenters. The van der Waals surface area contributed by atoms with E-state index >= 15 is 0 Å². The van der Waals surface area contributed by atoms with Crippen LogP contribution in [0.2, 0.25) is 0 Å². The molecule has 2 aromatic carbocycles. The number of nitrogens with one attached hydrogen (secondary N) is 3. The molecular weight excluding hydrogens is 331 g/mol. The first-order chi connectivity index (χ1) is 12.5. The van der Waals surface area contributed by atoms with Crippen LogP contribution in [-0.4, -0.2) is 32.0 Å². The lowest BCUT2D eigenvalue weighted by Crippen LogP contribution is -2.42. The van der Waals surface area contributed by atoms with Gasteiger partial charge in [0.15, 0.2) is 5.96 Å². The number of carbonyl (C=O) groups is 1. The molecule has 3 N–H and O–H groups in total. The average molecular weight is 356 g/mol. The topological polar surface area (TPSA) is 65.5 Å². The highest BCUT2D eigenvalue weighted by atomic mass is 19.1. The number of hydrogen-bond donors (Lipinski definition) is 3. The number of benzene rings is 2. The lowest BCUT2D eigenvalue weighted by atomic mass is 10.1. The SMILES string of the molecule is CN=C(NCCc1cc(C)cc(C)c1)NCC(=O)Nc1ccc(F)cc1. The molecule has 0 aliphatic heterocycles. The van der Waals surface area contributed by atoms with E-state index in [0.717, 1.165) is 6.42 Å². The van der Waals surface area contributed by atoms with E-state index in [4.69, 9.17) is 0 Å². The number of guanidine groups is 1. The van der Waals surface area contributed by atoms with Gasteiger partial charge in [-0.25, -0.2) is 4.39 Å². The van der Waals surface area contributed by atoms with Crippen LogP contribution in [0, 0.1) is 19.7 Å². The quantitative estimate of drug-likeness (QED) is 0.551. The van der Waals surface area contributed by atoms with E-state index in [1.54, 1.807) is 7.05 Å². The molecule has 0 aliphatic carbocycles. The number of anilines is 1. The Bertz CT molecular complexity index is 752. The van der Waals surface area contributed by atoms with Crippen molar-refractivity contribution in [3.8, 4) is 0 Å². The van der Waals surface area contributed by atoms with E-state index in [1.165, 1.54) is 41.0 Å². The molecule has 138 valence electrons. The standard InChI is InChI=1S/C20H25FN4O/c1-14-10-15(2)12-16(11-14)8-9-23-20(22-3)24-13-19(26)25-18-6-4-17(21)5-7-18/h4-7,10-12H,8-9,13H2,1-3H3,(H,25,26)(H2,22,23,24). The van der Waals surface area contributed by atoms with Crippen LogP contribution < -0.4 is 16.0 Å². The van der Waals surface area contributed by atoms with Gasteiger partial charge in [-0.1, -0.05) is 29.3 Å². The summed E-state index contributed by atoms with van der Waals surface area (Å²) in [5.74, 6) is -0.00738. The van der Waals surface area contributed by atoms with Crippen molar-refractivity contribution in [2.75, 3.05) is 25.5 Å². The molecule has 26 heavy (non-hydrogen) atoms. The lowest BCUT2D eigenvalue weighted by Gasteiger charge is -2.12. The Kier molecular flexibility index (Phi) is 7.14. The second kappa shape index (κ2) is 9.56. The second-order valence-electron chi connectivity index (χ2n) is 6.15. The Balaban J connectivity index is 1.74. The Morgan fingerprint density at radius 1 is 1.04 bits per heavy atom. The van der Waals surface area contributed by atoms with Crippen molar-refractivity contribution in [2.24, 2.45) is 4.99 Å². The smallest absolute Gasteiger partial charge is 0.243 e. The highest BCUT2D eigenvalue weighted by Crippen LogP contribution is 2.09. The number of hydrogen-bond acceptors (Lipinski definition) is 2. The fraction of sp³-hybridized carbons (Fsp3) is 0.300. The molecule has 0 unspecified atom stereocenters. The van der Waals surface area contributed by atoms with E-state index in [0.29, 0.717) is 18.2 Å². The molecule has 0 radical (unpaired) electrons. The zero-order valence-corrected chi connectivity index (χ0v) is 15.4. The first-order valence-corrected chi connectivity index (χ1v) is 8.53. The van der Waals surface area contributed by atoms with Crippen molar-refractivity contribution in [3.05, 3.63) is 65.0 Å². The van der Waals surface area contributed by atoms with Crippen LogP contribution in [0.1, 0.15) is 16.7 Å². The molecule has 6 heteroatoms. The van der Waals surface area contributed by atoms with Crippen molar-refractivity contribution in [1.82, 2.24) is 10.6 Å². The third kappa shape index (κ3) is 6.55. The summed E-state index contributed by atoms with van der Waals surface area (Å²) in [5.41, 5.74) is 4.32. The largest absolute Gasteiger partial charge is 0.356 e. The predicted octanol–water partition coefficient (Wildman–Crippen LogP) is 2.79. The molecule has 0 fully saturated rings. The molecule has 0 saturated heterocycles. The lowest BCUT2D eigenvalue weighted by molar-refractivity contribution is -0.115. The van der Waals surface area contributed by atoms with Gasteiger partial charge in [0.1, 0.15) is 5.82 Å². The first-order valence-electron chi connectivity index (χ1n) is 8.53. The average Bonchev–Trinajstić information content (AvgIpc) is 2.59. The maximum absolute atomic E-state index is 12.9. The third-order valence-corrected chi connectivity index (χ3v) is 3.76. The Morgan fingerprint density at radius 2 is 1.69 bits per heavy atom. The summed E-state index contributed by atoms with van der Waals surface area (Å²) in [5, 5.41) is 8.85. The molecule has 5 nitrogen and oxygen atoms in total. The molecule has 0 heterocycles. The van der Waals surface area contributed by atoms with Crippen molar-refractivity contribution < 1.29 is 9.18 Å². The minimum Gasteiger partial charge on any atom is -0.356 e. The fourth-order valence-electron chi connectivity index (χ4n) is 2.66. The first kappa shape index (κ1) is 19.4. The van der Waals surface area contributed by atoms with Crippen LogP contribution in [0.15, 0.2) is 47.5 Å². The van der Waals surface area contributed by atoms with E-state index in [-0.39, 0.29) is 18.3 Å². The van der Waals surface area contributed by atoms with Gasteiger partial charge >= 0.3 is 0 Å². The Labute approximate surface area is 153 Å². The summed E-state index contributed by atoms with van der Waals surface area (Å²) >= 11 is 0. The molecule has 1 amide bonds. The number of aliphatic imine (C=N–C) groups is 1. The molecule has 0 bridgehead atoms. The van der Waals surface area contributed by atoms with Crippen molar-refractivity contribution >= 4 is 17.6 Å². The van der Waals surface area contributed by atoms with Crippen LogP contribution in [-0.2, 0) is 11.2 Å². The molecule has 2 rings (SSSR count). The molecule has 0 spiro atoms. The minimum atomic E-state index is -0.338. The number of nitrogens with zero attached hydrogens (tertiary/aromatic N) is 1. The zero-order chi connectivity index (χ0) is 18.9. The van der Waals surface area contributed by atoms with Crippen LogP contribution in [0.25, 0.3) is 0 Å². The van der Waals surface area contributed by atoms with Gasteiger partial charge in [-0.3, -0.25) is 9.79 Å². The summed E-state index contributed by atoms with van der Waals surface area (Å²) in [6, 6.07) is 12.1. The molecule has 0 saturated carbocycles. The predicted molar refractivity (Wildman–Crippen MR) is 104 cm³/mol. The maximum Gasteiger partial charge on any atom is 0.243 e. The summed E-state index contributed by atoms with van der Waals surface area (Å²) in [7, 11) is 1.66. The van der Waals surface area contributed by atoms with Crippen LogP contribution in [0.3, 0.4) is 0 Å². The minimum absolute atomic E-state index is 0.0700. The number of rotatable bonds is 6. The third-order valence-electron chi connectivity index (χ3n) is 3.76. The number of halogens is 1. The molecule has 0 aromatic heterocycles. The van der Waals surface area contributed by atoms with Crippen LogP contribution in [0.5, 0.6) is 0 Å². The zero-order valence-electron chi connectivity index (χ0n) is 15.4. The van der Waals surface area contributed by atoms with Gasteiger partial charge in [-0.15, -0.1) is 0 Å². The van der Waals surface area contributed by atoms with Gasteiger partial charge in [-0.2, -0.15) is 0 Å². The van der Waals surface area contributed by atoms with Gasteiger partial charge < -0.3 is 16.0 Å². The van der Waals surface area contributed by atoms with E-state index < -0.39 is 0 Å². The van der Waals surface area contributed by atoms with E-state index in [1.807, 2.05) is 0 Å². The summed E-state index contributed by atoms with van der Waals surface area (Å²) in [4.78, 5) is 16.0. The summed E-state index contributed by atoms with van der Waals surface area (Å²) < 4.78 is 12.9.